The smallest absolute Gasteiger partial charge is 0.309 e. The molecule has 4 aromatic heterocycles. The minimum Gasteiger partial charge on any atom is -0.309 e. The highest BCUT2D eigenvalue weighted by Crippen LogP contribution is 2.44. The third kappa shape index (κ3) is 9.30. The summed E-state index contributed by atoms with van der Waals surface area (Å²) < 4.78 is 48.5. The van der Waals surface area contributed by atoms with E-state index in [1.807, 2.05) is 217 Å². The molecule has 366 valence electrons. The third-order valence-corrected chi connectivity index (χ3v) is 13.3. The van der Waals surface area contributed by atoms with Gasteiger partial charge in [-0.05, 0) is 98.3 Å². The molecule has 0 saturated heterocycles. The van der Waals surface area contributed by atoms with E-state index in [-0.39, 0.29) is 16.7 Å². The van der Waals surface area contributed by atoms with Crippen LogP contribution in [0.5, 0.6) is 0 Å². The Balaban J connectivity index is 0.00000105. The summed E-state index contributed by atoms with van der Waals surface area (Å²) in [5.74, 6) is 0. The molecule has 0 N–H and O–H groups in total. The summed E-state index contributed by atoms with van der Waals surface area (Å²) in [7, 11) is 0. The number of para-hydroxylation sites is 2. The van der Waals surface area contributed by atoms with E-state index in [9.17, 15) is 23.7 Å². The second kappa shape index (κ2) is 21.2. The number of alkyl halides is 3. The maximum Gasteiger partial charge on any atom is 0.416 e. The minimum absolute atomic E-state index is 0.151. The van der Waals surface area contributed by atoms with E-state index in [0.717, 1.165) is 101 Å². The molecule has 12 aromatic rings. The Morgan fingerprint density at radius 3 is 1.33 bits per heavy atom. The van der Waals surface area contributed by atoms with Crippen LogP contribution in [0.15, 0.2) is 238 Å². The summed E-state index contributed by atoms with van der Waals surface area (Å²) in [6, 6.07) is 71.1. The number of pyridine rings is 2. The Morgan fingerprint density at radius 2 is 0.868 bits per heavy atom. The Kier molecular flexibility index (Phi) is 13.8. The van der Waals surface area contributed by atoms with Crippen molar-refractivity contribution in [3.63, 3.8) is 0 Å². The van der Waals surface area contributed by atoms with Crippen molar-refractivity contribution in [2.75, 3.05) is 0 Å². The summed E-state index contributed by atoms with van der Waals surface area (Å²) in [5.41, 5.74) is 10.4. The molecule has 0 aliphatic carbocycles. The maximum absolute atomic E-state index is 14.8. The van der Waals surface area contributed by atoms with E-state index < -0.39 is 11.7 Å². The molecule has 0 unspecified atom stereocenters. The molecule has 0 fully saturated rings. The molecule has 0 atom stereocenters. The van der Waals surface area contributed by atoms with Crippen LogP contribution in [0, 0.1) is 22.7 Å². The number of aromatic nitrogens is 4. The van der Waals surface area contributed by atoms with Gasteiger partial charge in [-0.3, -0.25) is 0 Å². The van der Waals surface area contributed by atoms with Gasteiger partial charge < -0.3 is 9.13 Å². The summed E-state index contributed by atoms with van der Waals surface area (Å²) in [5, 5.41) is 25.2. The summed E-state index contributed by atoms with van der Waals surface area (Å²) >= 11 is 0. The molecule has 0 saturated carbocycles. The van der Waals surface area contributed by atoms with Crippen molar-refractivity contribution >= 4 is 43.6 Å². The second-order valence-corrected chi connectivity index (χ2v) is 17.8. The van der Waals surface area contributed by atoms with Gasteiger partial charge in [0.2, 0.25) is 0 Å². The van der Waals surface area contributed by atoms with Crippen molar-refractivity contribution in [1.82, 2.24) is 19.1 Å². The topological polar surface area (TPSA) is 83.2 Å². The zero-order valence-corrected chi connectivity index (χ0v) is 41.6. The molecule has 12 rings (SSSR count). The second-order valence-electron chi connectivity index (χ2n) is 17.8. The van der Waals surface area contributed by atoms with Crippen molar-refractivity contribution in [1.29, 1.82) is 10.5 Å². The summed E-state index contributed by atoms with van der Waals surface area (Å²) in [6.07, 6.45) is -0.755. The van der Waals surface area contributed by atoms with Gasteiger partial charge in [0.25, 0.3) is 0 Å². The highest BCUT2D eigenvalue weighted by atomic mass is 19.4. The lowest BCUT2D eigenvalue weighted by Crippen LogP contribution is -2.07. The van der Waals surface area contributed by atoms with Gasteiger partial charge in [0.15, 0.2) is 0 Å². The first kappa shape index (κ1) is 49.5. The van der Waals surface area contributed by atoms with Crippen LogP contribution < -0.4 is 0 Å². The first-order valence-electron chi connectivity index (χ1n) is 24.6. The van der Waals surface area contributed by atoms with Crippen LogP contribution in [0.2, 0.25) is 0 Å². The quantitative estimate of drug-likeness (QED) is 0.149. The molecule has 0 radical (unpaired) electrons. The summed E-state index contributed by atoms with van der Waals surface area (Å²) in [6.45, 7) is 10.0. The van der Waals surface area contributed by atoms with Crippen molar-refractivity contribution in [3.8, 4) is 79.7 Å². The number of rotatable bonds is 7. The Bertz CT molecular complexity index is 4240. The predicted octanol–water partition coefficient (Wildman–Crippen LogP) is 18.2. The van der Waals surface area contributed by atoms with Gasteiger partial charge >= 0.3 is 6.18 Å². The average Bonchev–Trinajstić information content (AvgIpc) is 4.02. The van der Waals surface area contributed by atoms with Crippen LogP contribution in [0.25, 0.3) is 111 Å². The standard InChI is InChI=1S/C61H35F3N6.C4H8.C2H4/c62-61(63,64)45-30-38(36-65)29-43(31-45)50-35-57(69-55-23-9-7-17-46(55)48-27-25-41(32-58(48)69)53-21-11-19-51(67-53)39-13-3-1-4-14-39)44(37-66)34-60(50)70-56-24-10-8-18-47(56)49-28-26-42(33-59(49)70)54-22-12-20-52(68-54)40-15-5-2-6-16-40;1-3-4-2;1-2/h1-35H;3-4H,1-2H3;1-2H2/b;4-3-;. The number of nitriles is 2. The van der Waals surface area contributed by atoms with E-state index in [1.165, 1.54) is 6.07 Å². The number of hydrogen-bond donors (Lipinski definition) is 0. The normalized spacial score (nSPS) is 11.2. The van der Waals surface area contributed by atoms with Crippen molar-refractivity contribution < 1.29 is 13.2 Å². The van der Waals surface area contributed by atoms with E-state index in [4.69, 9.17) is 9.97 Å². The highest BCUT2D eigenvalue weighted by molar-refractivity contribution is 6.12. The van der Waals surface area contributed by atoms with Crippen LogP contribution in [-0.2, 0) is 6.18 Å². The largest absolute Gasteiger partial charge is 0.416 e. The van der Waals surface area contributed by atoms with E-state index in [0.29, 0.717) is 16.9 Å². The van der Waals surface area contributed by atoms with Crippen LogP contribution in [0.3, 0.4) is 0 Å². The van der Waals surface area contributed by atoms with Gasteiger partial charge in [-0.25, -0.2) is 9.97 Å². The number of hydrogen-bond acceptors (Lipinski definition) is 4. The Labute approximate surface area is 438 Å². The highest BCUT2D eigenvalue weighted by Gasteiger charge is 2.32. The van der Waals surface area contributed by atoms with Gasteiger partial charge in [-0.15, -0.1) is 13.2 Å². The first-order valence-corrected chi connectivity index (χ1v) is 24.6. The molecular weight excluding hydrogens is 946 g/mol. The van der Waals surface area contributed by atoms with E-state index in [2.05, 4.69) is 25.3 Å². The van der Waals surface area contributed by atoms with Crippen molar-refractivity contribution in [3.05, 3.63) is 254 Å². The monoisotopic (exact) mass is 992 g/mol. The fraction of sp³-hybridized carbons (Fsp3) is 0.0448. The zero-order valence-electron chi connectivity index (χ0n) is 41.6. The molecule has 8 aromatic carbocycles. The lowest BCUT2D eigenvalue weighted by atomic mass is 9.95. The number of halogens is 3. The molecular formula is C67H47F3N6. The predicted molar refractivity (Wildman–Crippen MR) is 304 cm³/mol. The van der Waals surface area contributed by atoms with Gasteiger partial charge in [0.1, 0.15) is 6.07 Å². The lowest BCUT2D eigenvalue weighted by Gasteiger charge is -2.20. The molecule has 76 heavy (non-hydrogen) atoms. The average molecular weight is 993 g/mol. The fourth-order valence-corrected chi connectivity index (χ4v) is 9.79. The maximum atomic E-state index is 14.8. The zero-order chi connectivity index (χ0) is 52.9. The molecule has 0 spiro atoms. The van der Waals surface area contributed by atoms with Crippen LogP contribution in [-0.4, -0.2) is 19.1 Å². The molecule has 0 aliphatic rings. The van der Waals surface area contributed by atoms with Crippen molar-refractivity contribution in [2.24, 2.45) is 0 Å². The van der Waals surface area contributed by atoms with Gasteiger partial charge in [0.05, 0.1) is 79.0 Å². The van der Waals surface area contributed by atoms with Gasteiger partial charge in [-0.1, -0.05) is 146 Å². The van der Waals surface area contributed by atoms with Crippen LogP contribution >= 0.6 is 0 Å². The number of allylic oxidation sites excluding steroid dienone is 2. The fourth-order valence-electron chi connectivity index (χ4n) is 9.79. The molecule has 0 amide bonds. The number of benzene rings is 8. The van der Waals surface area contributed by atoms with Crippen molar-refractivity contribution in [2.45, 2.75) is 20.0 Å². The molecule has 6 nitrogen and oxygen atoms in total. The molecule has 0 bridgehead atoms. The summed E-state index contributed by atoms with van der Waals surface area (Å²) in [4.78, 5) is 10.1. The Morgan fingerprint density at radius 1 is 0.421 bits per heavy atom. The SMILES string of the molecule is C/C=C\C.C=C.N#Cc1cc(-c2cc(-n3c4ccccc4c4ccc(-c5cccc(-c6ccccc6)n5)cc43)c(C#N)cc2-n2c3ccccc3c3ccc(-c4cccc(-c5ccccc5)n4)cc32)cc(C(F)(F)F)c1. The first-order chi connectivity index (χ1) is 37.1. The number of fused-ring (bicyclic) bond motifs is 6. The Hall–Kier alpha value is -10.1. The van der Waals surface area contributed by atoms with Gasteiger partial charge in [-0.2, -0.15) is 23.7 Å². The van der Waals surface area contributed by atoms with Crippen LogP contribution in [0.1, 0.15) is 30.5 Å². The third-order valence-electron chi connectivity index (χ3n) is 13.3. The lowest BCUT2D eigenvalue weighted by molar-refractivity contribution is -0.137. The molecule has 0 aliphatic heterocycles. The minimum atomic E-state index is -4.75. The van der Waals surface area contributed by atoms with E-state index >= 15 is 0 Å². The van der Waals surface area contributed by atoms with Crippen LogP contribution in [0.4, 0.5) is 13.2 Å². The number of nitrogens with zero attached hydrogens (tertiary/aromatic N) is 6. The van der Waals surface area contributed by atoms with E-state index in [1.54, 1.807) is 12.1 Å². The van der Waals surface area contributed by atoms with Gasteiger partial charge in [0, 0.05) is 49.4 Å². The molecule has 4 heterocycles. The molecule has 9 heteroatoms.